The van der Waals surface area contributed by atoms with E-state index < -0.39 is 16.8 Å². The third-order valence-corrected chi connectivity index (χ3v) is 3.08. The van der Waals surface area contributed by atoms with Gasteiger partial charge in [-0.1, -0.05) is 6.07 Å². The first-order chi connectivity index (χ1) is 12.0. The summed E-state index contributed by atoms with van der Waals surface area (Å²) in [7, 11) is 0. The number of hydrogen-bond donors (Lipinski definition) is 1. The molecule has 25 heavy (non-hydrogen) atoms. The second kappa shape index (κ2) is 8.44. The van der Waals surface area contributed by atoms with Crippen LogP contribution in [0.1, 0.15) is 17.3 Å². The maximum absolute atomic E-state index is 11.9. The lowest BCUT2D eigenvalue weighted by molar-refractivity contribution is -0.384. The van der Waals surface area contributed by atoms with Gasteiger partial charge < -0.3 is 14.8 Å². The van der Waals surface area contributed by atoms with Gasteiger partial charge in [-0.2, -0.15) is 0 Å². The Bertz CT molecular complexity index is 773. The van der Waals surface area contributed by atoms with Crippen LogP contribution in [-0.4, -0.2) is 30.0 Å². The van der Waals surface area contributed by atoms with E-state index in [-0.39, 0.29) is 18.9 Å². The lowest BCUT2D eigenvalue weighted by atomic mass is 10.2. The van der Waals surface area contributed by atoms with Crippen LogP contribution >= 0.6 is 0 Å². The second-order valence-corrected chi connectivity index (χ2v) is 4.89. The van der Waals surface area contributed by atoms with E-state index in [2.05, 4.69) is 5.32 Å². The van der Waals surface area contributed by atoms with Crippen LogP contribution in [0.4, 0.5) is 11.4 Å². The third kappa shape index (κ3) is 5.31. The molecule has 2 aromatic carbocycles. The van der Waals surface area contributed by atoms with Crippen LogP contribution in [0.25, 0.3) is 0 Å². The first-order valence-corrected chi connectivity index (χ1v) is 7.44. The largest absolute Gasteiger partial charge is 0.484 e. The van der Waals surface area contributed by atoms with E-state index in [4.69, 9.17) is 9.47 Å². The summed E-state index contributed by atoms with van der Waals surface area (Å²) in [6, 6.07) is 11.7. The number of rotatable bonds is 7. The second-order valence-electron chi connectivity index (χ2n) is 4.89. The molecule has 0 saturated carbocycles. The van der Waals surface area contributed by atoms with Gasteiger partial charge in [0, 0.05) is 17.8 Å². The Balaban J connectivity index is 1.90. The van der Waals surface area contributed by atoms with Crippen LogP contribution in [0.15, 0.2) is 48.5 Å². The molecule has 0 aliphatic rings. The van der Waals surface area contributed by atoms with Gasteiger partial charge in [-0.25, -0.2) is 4.79 Å². The number of carbonyl (C=O) groups excluding carboxylic acids is 2. The molecule has 8 heteroatoms. The van der Waals surface area contributed by atoms with Crippen molar-refractivity contribution >= 4 is 23.3 Å². The number of anilines is 1. The smallest absolute Gasteiger partial charge is 0.338 e. The molecule has 0 aromatic heterocycles. The first kappa shape index (κ1) is 17.9. The zero-order valence-corrected chi connectivity index (χ0v) is 13.4. The Morgan fingerprint density at radius 1 is 1.16 bits per heavy atom. The van der Waals surface area contributed by atoms with Gasteiger partial charge in [-0.3, -0.25) is 14.9 Å². The summed E-state index contributed by atoms with van der Waals surface area (Å²) in [4.78, 5) is 33.6. The summed E-state index contributed by atoms with van der Waals surface area (Å²) in [5.74, 6) is -0.553. The van der Waals surface area contributed by atoms with Crippen molar-refractivity contribution in [2.75, 3.05) is 18.5 Å². The lowest BCUT2D eigenvalue weighted by Gasteiger charge is -2.08. The molecule has 130 valence electrons. The Labute approximate surface area is 143 Å². The minimum Gasteiger partial charge on any atom is -0.484 e. The average Bonchev–Trinajstić information content (AvgIpc) is 2.61. The zero-order chi connectivity index (χ0) is 18.2. The van der Waals surface area contributed by atoms with Crippen molar-refractivity contribution in [2.45, 2.75) is 6.92 Å². The fourth-order valence-corrected chi connectivity index (χ4v) is 1.94. The van der Waals surface area contributed by atoms with Gasteiger partial charge in [-0.15, -0.1) is 0 Å². The van der Waals surface area contributed by atoms with Crippen LogP contribution in [0.3, 0.4) is 0 Å². The maximum atomic E-state index is 11.9. The van der Waals surface area contributed by atoms with E-state index in [1.807, 2.05) is 0 Å². The van der Waals surface area contributed by atoms with Crippen molar-refractivity contribution in [3.8, 4) is 5.75 Å². The van der Waals surface area contributed by atoms with Gasteiger partial charge >= 0.3 is 5.97 Å². The molecule has 0 bridgehead atoms. The standard InChI is InChI=1S/C17H16N2O6/c1-2-24-17(21)12-4-3-5-15(10-12)25-11-16(20)18-13-6-8-14(9-7-13)19(22)23/h3-10H,2,11H2,1H3,(H,18,20). The molecule has 0 atom stereocenters. The molecule has 0 spiro atoms. The summed E-state index contributed by atoms with van der Waals surface area (Å²) in [5.41, 5.74) is 0.680. The highest BCUT2D eigenvalue weighted by molar-refractivity contribution is 5.92. The fraction of sp³-hybridized carbons (Fsp3) is 0.176. The molecule has 0 aliphatic heterocycles. The number of amides is 1. The number of nitrogens with one attached hydrogen (secondary N) is 1. The van der Waals surface area contributed by atoms with Crippen LogP contribution in [-0.2, 0) is 9.53 Å². The quantitative estimate of drug-likeness (QED) is 0.470. The van der Waals surface area contributed by atoms with Gasteiger partial charge in [0.1, 0.15) is 5.75 Å². The van der Waals surface area contributed by atoms with Crippen molar-refractivity contribution in [3.05, 3.63) is 64.2 Å². The van der Waals surface area contributed by atoms with E-state index in [0.29, 0.717) is 17.0 Å². The van der Waals surface area contributed by atoms with Crippen molar-refractivity contribution in [2.24, 2.45) is 0 Å². The molecule has 1 N–H and O–H groups in total. The van der Waals surface area contributed by atoms with Crippen LogP contribution < -0.4 is 10.1 Å². The number of non-ortho nitro benzene ring substituents is 1. The zero-order valence-electron chi connectivity index (χ0n) is 13.4. The molecule has 0 radical (unpaired) electrons. The summed E-state index contributed by atoms with van der Waals surface area (Å²) in [6.07, 6.45) is 0. The summed E-state index contributed by atoms with van der Waals surface area (Å²) in [6.45, 7) is 1.70. The van der Waals surface area contributed by atoms with Crippen molar-refractivity contribution in [1.29, 1.82) is 0 Å². The SMILES string of the molecule is CCOC(=O)c1cccc(OCC(=O)Nc2ccc([N+](=O)[O-])cc2)c1. The summed E-state index contributed by atoms with van der Waals surface area (Å²) in [5, 5.41) is 13.1. The number of nitrogens with zero attached hydrogens (tertiary/aromatic N) is 1. The lowest BCUT2D eigenvalue weighted by Crippen LogP contribution is -2.20. The number of benzene rings is 2. The van der Waals surface area contributed by atoms with Crippen molar-refractivity contribution in [1.82, 2.24) is 0 Å². The molecule has 0 heterocycles. The Hall–Kier alpha value is -3.42. The van der Waals surface area contributed by atoms with Crippen molar-refractivity contribution in [3.63, 3.8) is 0 Å². The Kier molecular flexibility index (Phi) is 6.05. The van der Waals surface area contributed by atoms with Crippen molar-refractivity contribution < 1.29 is 24.0 Å². The number of hydrogen-bond acceptors (Lipinski definition) is 6. The van der Waals surface area contributed by atoms with Gasteiger partial charge in [0.25, 0.3) is 11.6 Å². The predicted octanol–water partition coefficient (Wildman–Crippen LogP) is 2.79. The van der Waals surface area contributed by atoms with Gasteiger partial charge in [0.05, 0.1) is 17.1 Å². The Morgan fingerprint density at radius 3 is 2.52 bits per heavy atom. The van der Waals surface area contributed by atoms with Crippen LogP contribution in [0, 0.1) is 10.1 Å². The number of carbonyl (C=O) groups is 2. The van der Waals surface area contributed by atoms with Gasteiger partial charge in [0.2, 0.25) is 0 Å². The van der Waals surface area contributed by atoms with Crippen LogP contribution in [0.2, 0.25) is 0 Å². The molecule has 2 aromatic rings. The first-order valence-electron chi connectivity index (χ1n) is 7.44. The highest BCUT2D eigenvalue weighted by Gasteiger charge is 2.10. The highest BCUT2D eigenvalue weighted by atomic mass is 16.6. The topological polar surface area (TPSA) is 108 Å². The molecule has 0 saturated heterocycles. The van der Waals surface area contributed by atoms with E-state index in [1.54, 1.807) is 25.1 Å². The number of esters is 1. The minimum atomic E-state index is -0.523. The van der Waals surface area contributed by atoms with E-state index >= 15 is 0 Å². The molecular formula is C17H16N2O6. The summed E-state index contributed by atoms with van der Waals surface area (Å²) < 4.78 is 10.2. The molecule has 1 amide bonds. The maximum Gasteiger partial charge on any atom is 0.338 e. The fourth-order valence-electron chi connectivity index (χ4n) is 1.94. The van der Waals surface area contributed by atoms with E-state index in [0.717, 1.165) is 0 Å². The highest BCUT2D eigenvalue weighted by Crippen LogP contribution is 2.16. The van der Waals surface area contributed by atoms with E-state index in [1.165, 1.54) is 30.3 Å². The molecule has 0 unspecified atom stereocenters. The normalized spacial score (nSPS) is 9.96. The number of ether oxygens (including phenoxy) is 2. The third-order valence-electron chi connectivity index (χ3n) is 3.08. The number of nitro benzene ring substituents is 1. The minimum absolute atomic E-state index is 0.0648. The van der Waals surface area contributed by atoms with Crippen LogP contribution in [0.5, 0.6) is 5.75 Å². The summed E-state index contributed by atoms with van der Waals surface area (Å²) >= 11 is 0. The van der Waals surface area contributed by atoms with E-state index in [9.17, 15) is 19.7 Å². The molecule has 2 rings (SSSR count). The Morgan fingerprint density at radius 2 is 1.88 bits per heavy atom. The number of nitro groups is 1. The molecule has 0 aliphatic carbocycles. The molecular weight excluding hydrogens is 328 g/mol. The molecule has 8 nitrogen and oxygen atoms in total. The molecule has 0 fully saturated rings. The van der Waals surface area contributed by atoms with Gasteiger partial charge in [0.15, 0.2) is 6.61 Å². The average molecular weight is 344 g/mol. The predicted molar refractivity (Wildman–Crippen MR) is 89.6 cm³/mol. The monoisotopic (exact) mass is 344 g/mol. The van der Waals surface area contributed by atoms with Gasteiger partial charge in [-0.05, 0) is 37.3 Å².